The molecule has 1 aliphatic heterocycles. The van der Waals surface area contributed by atoms with Crippen molar-refractivity contribution in [3.63, 3.8) is 0 Å². The van der Waals surface area contributed by atoms with Gasteiger partial charge in [0.2, 0.25) is 0 Å². The van der Waals surface area contributed by atoms with Crippen molar-refractivity contribution in [1.82, 2.24) is 4.98 Å². The van der Waals surface area contributed by atoms with E-state index in [0.717, 1.165) is 32.9 Å². The molecule has 0 unspecified atom stereocenters. The minimum Gasteiger partial charge on any atom is -0.491 e. The monoisotopic (exact) mass is 310 g/mol. The lowest BCUT2D eigenvalue weighted by atomic mass is 10.1. The number of rotatable bonds is 1. The number of thiazole rings is 1. The van der Waals surface area contributed by atoms with E-state index in [1.165, 1.54) is 4.88 Å². The number of halogens is 1. The van der Waals surface area contributed by atoms with Crippen LogP contribution >= 0.6 is 27.3 Å². The molecule has 0 amide bonds. The highest BCUT2D eigenvalue weighted by Crippen LogP contribution is 2.41. The van der Waals surface area contributed by atoms with E-state index in [9.17, 15) is 0 Å². The maximum atomic E-state index is 5.78. The Morgan fingerprint density at radius 2 is 2.35 bits per heavy atom. The Kier molecular flexibility index (Phi) is 2.90. The van der Waals surface area contributed by atoms with Gasteiger partial charge in [-0.15, -0.1) is 11.3 Å². The molecule has 0 saturated carbocycles. The van der Waals surface area contributed by atoms with Crippen LogP contribution < -0.4 is 10.5 Å². The van der Waals surface area contributed by atoms with Crippen LogP contribution in [0.1, 0.15) is 9.88 Å². The molecule has 2 heterocycles. The Morgan fingerprint density at radius 3 is 3.18 bits per heavy atom. The summed E-state index contributed by atoms with van der Waals surface area (Å²) < 4.78 is 6.76. The molecule has 3 rings (SSSR count). The first-order chi connectivity index (χ1) is 8.29. The van der Waals surface area contributed by atoms with E-state index < -0.39 is 0 Å². The fourth-order valence-corrected chi connectivity index (χ4v) is 3.38. The van der Waals surface area contributed by atoms with Gasteiger partial charge in [-0.2, -0.15) is 0 Å². The lowest BCUT2D eigenvalue weighted by Crippen LogP contribution is -1.98. The largest absolute Gasteiger partial charge is 0.491 e. The highest BCUT2D eigenvalue weighted by atomic mass is 79.9. The summed E-state index contributed by atoms with van der Waals surface area (Å²) in [6.45, 7) is 1.19. The molecule has 0 radical (unpaired) electrons. The second-order valence-electron chi connectivity index (χ2n) is 3.80. The van der Waals surface area contributed by atoms with Gasteiger partial charge < -0.3 is 10.5 Å². The standard InChI is InChI=1S/C12H11BrN2OS/c13-8-3-1-2-7-11-9(4-5-16-12(7)8)17-10(6-14)15-11/h1-3H,4-6,14H2. The molecular weight excluding hydrogens is 300 g/mol. The van der Waals surface area contributed by atoms with Crippen LogP contribution in [0, 0.1) is 0 Å². The topological polar surface area (TPSA) is 48.1 Å². The molecule has 2 aromatic rings. The zero-order valence-electron chi connectivity index (χ0n) is 9.07. The lowest BCUT2D eigenvalue weighted by molar-refractivity contribution is 0.325. The van der Waals surface area contributed by atoms with Crippen molar-refractivity contribution in [3.8, 4) is 17.0 Å². The number of nitrogens with two attached hydrogens (primary N) is 1. The highest BCUT2D eigenvalue weighted by Gasteiger charge is 2.21. The molecule has 0 fully saturated rings. The van der Waals surface area contributed by atoms with Gasteiger partial charge in [-0.1, -0.05) is 6.07 Å². The molecule has 88 valence electrons. The summed E-state index contributed by atoms with van der Waals surface area (Å²) >= 11 is 5.21. The van der Waals surface area contributed by atoms with Gasteiger partial charge in [-0.25, -0.2) is 4.98 Å². The van der Waals surface area contributed by atoms with Gasteiger partial charge in [-0.3, -0.25) is 0 Å². The van der Waals surface area contributed by atoms with Crippen LogP contribution in [0.25, 0.3) is 11.3 Å². The number of para-hydroxylation sites is 1. The molecule has 0 bridgehead atoms. The van der Waals surface area contributed by atoms with Crippen molar-refractivity contribution < 1.29 is 4.74 Å². The third-order valence-corrected chi connectivity index (χ3v) is 4.48. The highest BCUT2D eigenvalue weighted by molar-refractivity contribution is 9.10. The molecule has 1 aliphatic rings. The summed E-state index contributed by atoms with van der Waals surface area (Å²) in [5.74, 6) is 0.889. The molecule has 1 aromatic carbocycles. The Morgan fingerprint density at radius 1 is 1.47 bits per heavy atom. The second-order valence-corrected chi connectivity index (χ2v) is 5.82. The Balaban J connectivity index is 2.23. The molecule has 3 nitrogen and oxygen atoms in total. The third kappa shape index (κ3) is 1.88. The van der Waals surface area contributed by atoms with Crippen LogP contribution in [0.4, 0.5) is 0 Å². The molecule has 0 aliphatic carbocycles. The number of aromatic nitrogens is 1. The quantitative estimate of drug-likeness (QED) is 0.881. The van der Waals surface area contributed by atoms with E-state index in [-0.39, 0.29) is 0 Å². The fraction of sp³-hybridized carbons (Fsp3) is 0.250. The molecule has 5 heteroatoms. The van der Waals surface area contributed by atoms with Crippen molar-refractivity contribution in [1.29, 1.82) is 0 Å². The van der Waals surface area contributed by atoms with Gasteiger partial charge in [0, 0.05) is 23.4 Å². The predicted octanol–water partition coefficient (Wildman–Crippen LogP) is 2.97. The zero-order chi connectivity index (χ0) is 11.8. The first kappa shape index (κ1) is 11.2. The molecule has 1 aromatic heterocycles. The van der Waals surface area contributed by atoms with Crippen molar-refractivity contribution >= 4 is 27.3 Å². The minimum absolute atomic E-state index is 0.502. The van der Waals surface area contributed by atoms with Crippen LogP contribution in [-0.2, 0) is 13.0 Å². The normalized spacial score (nSPS) is 13.5. The van der Waals surface area contributed by atoms with Gasteiger partial charge in [0.25, 0.3) is 0 Å². The fourth-order valence-electron chi connectivity index (χ4n) is 1.96. The average Bonchev–Trinajstić information content (AvgIpc) is 2.67. The van der Waals surface area contributed by atoms with Crippen molar-refractivity contribution in [2.75, 3.05) is 6.61 Å². The summed E-state index contributed by atoms with van der Waals surface area (Å²) in [5.41, 5.74) is 7.75. The molecule has 0 spiro atoms. The van der Waals surface area contributed by atoms with E-state index >= 15 is 0 Å². The zero-order valence-corrected chi connectivity index (χ0v) is 11.5. The summed E-state index contributed by atoms with van der Waals surface area (Å²) in [6.07, 6.45) is 0.897. The number of hydrogen-bond donors (Lipinski definition) is 1. The first-order valence-corrected chi connectivity index (χ1v) is 7.01. The number of ether oxygens (including phenoxy) is 1. The third-order valence-electron chi connectivity index (χ3n) is 2.71. The van der Waals surface area contributed by atoms with Gasteiger partial charge in [0.05, 0.1) is 16.8 Å². The van der Waals surface area contributed by atoms with Gasteiger partial charge in [0.1, 0.15) is 10.8 Å². The van der Waals surface area contributed by atoms with Crippen LogP contribution in [-0.4, -0.2) is 11.6 Å². The summed E-state index contributed by atoms with van der Waals surface area (Å²) in [6, 6.07) is 6.03. The predicted molar refractivity (Wildman–Crippen MR) is 72.3 cm³/mol. The Labute approximate surface area is 112 Å². The first-order valence-electron chi connectivity index (χ1n) is 5.40. The number of nitrogens with zero attached hydrogens (tertiary/aromatic N) is 1. The SMILES string of the molecule is NCc1nc2c(s1)CCOc1c(Br)cccc1-2. The number of fused-ring (bicyclic) bond motifs is 3. The van der Waals surface area contributed by atoms with E-state index in [1.54, 1.807) is 11.3 Å². The smallest absolute Gasteiger partial charge is 0.142 e. The molecule has 0 atom stereocenters. The van der Waals surface area contributed by atoms with Crippen LogP contribution in [0.5, 0.6) is 5.75 Å². The summed E-state index contributed by atoms with van der Waals surface area (Å²) in [5, 5.41) is 0.989. The van der Waals surface area contributed by atoms with Gasteiger partial charge in [-0.05, 0) is 28.1 Å². The van der Waals surface area contributed by atoms with Crippen molar-refractivity contribution in [3.05, 3.63) is 32.6 Å². The Hall–Kier alpha value is -0.910. The van der Waals surface area contributed by atoms with Crippen molar-refractivity contribution in [2.24, 2.45) is 5.73 Å². The van der Waals surface area contributed by atoms with Gasteiger partial charge in [0.15, 0.2) is 0 Å². The Bertz CT molecular complexity index is 568. The minimum atomic E-state index is 0.502. The van der Waals surface area contributed by atoms with Crippen LogP contribution in [0.2, 0.25) is 0 Å². The van der Waals surface area contributed by atoms with E-state index in [1.807, 2.05) is 18.2 Å². The average molecular weight is 311 g/mol. The van der Waals surface area contributed by atoms with E-state index in [0.29, 0.717) is 13.2 Å². The van der Waals surface area contributed by atoms with Crippen molar-refractivity contribution in [2.45, 2.75) is 13.0 Å². The summed E-state index contributed by atoms with van der Waals surface area (Å²) in [7, 11) is 0. The maximum absolute atomic E-state index is 5.78. The van der Waals surface area contributed by atoms with Crippen LogP contribution in [0.15, 0.2) is 22.7 Å². The van der Waals surface area contributed by atoms with E-state index in [4.69, 9.17) is 10.5 Å². The summed E-state index contributed by atoms with van der Waals surface area (Å²) in [4.78, 5) is 5.87. The maximum Gasteiger partial charge on any atom is 0.142 e. The lowest BCUT2D eigenvalue weighted by Gasteiger charge is -2.08. The van der Waals surface area contributed by atoms with E-state index in [2.05, 4.69) is 20.9 Å². The molecule has 2 N–H and O–H groups in total. The van der Waals surface area contributed by atoms with Crippen LogP contribution in [0.3, 0.4) is 0 Å². The number of hydrogen-bond acceptors (Lipinski definition) is 4. The second kappa shape index (κ2) is 4.40. The molecular formula is C12H11BrN2OS. The molecule has 17 heavy (non-hydrogen) atoms. The molecule has 0 saturated heterocycles. The van der Waals surface area contributed by atoms with Gasteiger partial charge >= 0.3 is 0 Å². The number of benzene rings is 1.